The van der Waals surface area contributed by atoms with E-state index in [1.54, 1.807) is 25.1 Å². The zero-order valence-electron chi connectivity index (χ0n) is 10.6. The van der Waals surface area contributed by atoms with Crippen molar-refractivity contribution >= 4 is 48.4 Å². The van der Waals surface area contributed by atoms with E-state index in [2.05, 4.69) is 14.4 Å². The Bertz CT molecular complexity index is 739. The van der Waals surface area contributed by atoms with Crippen molar-refractivity contribution in [3.63, 3.8) is 0 Å². The quantitative estimate of drug-likeness (QED) is 0.633. The van der Waals surface area contributed by atoms with Gasteiger partial charge in [0.25, 0.3) is 0 Å². The Kier molecular flexibility index (Phi) is 4.09. The van der Waals surface area contributed by atoms with Crippen LogP contribution in [0.5, 0.6) is 0 Å². The number of nitrogens with one attached hydrogen (secondary N) is 1. The topological polar surface area (TPSA) is 111 Å². The van der Waals surface area contributed by atoms with Crippen LogP contribution in [0, 0.1) is 0 Å². The lowest BCUT2D eigenvalue weighted by Gasteiger charge is -2.04. The third kappa shape index (κ3) is 3.58. The number of aromatic nitrogens is 1. The smallest absolute Gasteiger partial charge is 0.323 e. The summed E-state index contributed by atoms with van der Waals surface area (Å²) >= 11 is 1.15. The number of thiazole rings is 1. The Morgan fingerprint density at radius 1 is 1.50 bits per heavy atom. The molecule has 0 spiro atoms. The maximum absolute atomic E-state index is 11.8. The second-order valence-electron chi connectivity index (χ2n) is 3.91. The van der Waals surface area contributed by atoms with E-state index >= 15 is 0 Å². The van der Waals surface area contributed by atoms with Gasteiger partial charge in [-0.3, -0.25) is 9.52 Å². The second kappa shape index (κ2) is 5.63. The molecule has 0 saturated carbocycles. The molecular weight excluding hydrogens is 302 g/mol. The molecule has 9 heteroatoms. The molecule has 1 heterocycles. The first-order valence-electron chi connectivity index (χ1n) is 5.72. The van der Waals surface area contributed by atoms with Crippen LogP contribution in [0.4, 0.5) is 10.8 Å². The van der Waals surface area contributed by atoms with Crippen LogP contribution in [-0.2, 0) is 19.6 Å². The Balaban J connectivity index is 2.16. The number of nitrogens with zero attached hydrogens (tertiary/aromatic N) is 1. The first kappa shape index (κ1) is 14.5. The number of benzene rings is 1. The fraction of sp³-hybridized carbons (Fsp3) is 0.273. The Morgan fingerprint density at radius 2 is 2.25 bits per heavy atom. The number of nitrogens with two attached hydrogens (primary N) is 1. The predicted octanol–water partition coefficient (Wildman–Crippen LogP) is 1.18. The highest BCUT2D eigenvalue weighted by atomic mass is 32.2. The lowest BCUT2D eigenvalue weighted by Crippen LogP contribution is -2.24. The summed E-state index contributed by atoms with van der Waals surface area (Å²) in [6, 6.07) is 5.08. The summed E-state index contributed by atoms with van der Waals surface area (Å²) in [7, 11) is -3.82. The van der Waals surface area contributed by atoms with Gasteiger partial charge in [0.15, 0.2) is 10.9 Å². The van der Waals surface area contributed by atoms with E-state index in [1.165, 1.54) is 0 Å². The summed E-state index contributed by atoms with van der Waals surface area (Å²) < 4.78 is 31.1. The number of fused-ring (bicyclic) bond motifs is 1. The molecule has 108 valence electrons. The summed E-state index contributed by atoms with van der Waals surface area (Å²) in [4.78, 5) is 15.3. The highest BCUT2D eigenvalue weighted by Crippen LogP contribution is 2.28. The molecule has 0 fully saturated rings. The Labute approximate surface area is 119 Å². The van der Waals surface area contributed by atoms with Gasteiger partial charge in [-0.05, 0) is 25.1 Å². The molecule has 0 amide bonds. The molecule has 20 heavy (non-hydrogen) atoms. The number of hydrogen-bond acceptors (Lipinski definition) is 7. The van der Waals surface area contributed by atoms with Crippen LogP contribution in [0.2, 0.25) is 0 Å². The van der Waals surface area contributed by atoms with E-state index < -0.39 is 21.7 Å². The molecule has 0 aliphatic carbocycles. The van der Waals surface area contributed by atoms with Gasteiger partial charge in [-0.25, -0.2) is 13.4 Å². The van der Waals surface area contributed by atoms with Crippen molar-refractivity contribution < 1.29 is 17.9 Å². The molecule has 7 nitrogen and oxygen atoms in total. The fourth-order valence-corrected chi connectivity index (χ4v) is 3.60. The lowest BCUT2D eigenvalue weighted by molar-refractivity contribution is -0.139. The first-order valence-corrected chi connectivity index (χ1v) is 8.18. The van der Waals surface area contributed by atoms with Crippen LogP contribution < -0.4 is 10.5 Å². The number of rotatable bonds is 5. The monoisotopic (exact) mass is 315 g/mol. The number of ether oxygens (including phenoxy) is 1. The summed E-state index contributed by atoms with van der Waals surface area (Å²) in [5, 5.41) is 0.190. The second-order valence-corrected chi connectivity index (χ2v) is 6.67. The van der Waals surface area contributed by atoms with Crippen LogP contribution in [0.15, 0.2) is 18.2 Å². The molecule has 1 aromatic heterocycles. The van der Waals surface area contributed by atoms with Crippen molar-refractivity contribution in [1.82, 2.24) is 4.98 Å². The van der Waals surface area contributed by atoms with Gasteiger partial charge in [0.2, 0.25) is 10.0 Å². The molecule has 2 aromatic rings. The molecule has 0 atom stereocenters. The summed E-state index contributed by atoms with van der Waals surface area (Å²) in [5.41, 5.74) is 6.85. The number of carbonyl (C=O) groups is 1. The lowest BCUT2D eigenvalue weighted by atomic mass is 10.3. The normalized spacial score (nSPS) is 11.4. The molecule has 2 rings (SSSR count). The molecule has 0 saturated heterocycles. The number of carbonyl (C=O) groups excluding carboxylic acids is 1. The minimum Gasteiger partial charge on any atom is -0.465 e. The third-order valence-corrected chi connectivity index (χ3v) is 4.45. The molecule has 0 radical (unpaired) electrons. The maximum Gasteiger partial charge on any atom is 0.323 e. The van der Waals surface area contributed by atoms with Gasteiger partial charge >= 0.3 is 5.97 Å². The number of nitrogen functional groups attached to an aromatic ring is 1. The molecule has 0 unspecified atom stereocenters. The van der Waals surface area contributed by atoms with Gasteiger partial charge in [0.05, 0.1) is 16.8 Å². The van der Waals surface area contributed by atoms with Gasteiger partial charge < -0.3 is 10.5 Å². The van der Waals surface area contributed by atoms with Crippen LogP contribution in [0.25, 0.3) is 10.2 Å². The zero-order valence-corrected chi connectivity index (χ0v) is 12.3. The molecule has 0 aliphatic rings. The van der Waals surface area contributed by atoms with Crippen molar-refractivity contribution in [3.05, 3.63) is 18.2 Å². The van der Waals surface area contributed by atoms with Crippen molar-refractivity contribution in [2.75, 3.05) is 22.8 Å². The SMILES string of the molecule is CCOC(=O)CS(=O)(=O)Nc1nc2ccc(N)cc2s1. The van der Waals surface area contributed by atoms with Crippen LogP contribution in [0.3, 0.4) is 0 Å². The van der Waals surface area contributed by atoms with E-state index in [0.29, 0.717) is 11.2 Å². The minimum absolute atomic E-state index is 0.134. The highest BCUT2D eigenvalue weighted by Gasteiger charge is 2.19. The van der Waals surface area contributed by atoms with E-state index in [9.17, 15) is 13.2 Å². The van der Waals surface area contributed by atoms with E-state index in [-0.39, 0.29) is 11.7 Å². The maximum atomic E-state index is 11.8. The zero-order chi connectivity index (χ0) is 14.8. The van der Waals surface area contributed by atoms with Gasteiger partial charge in [-0.1, -0.05) is 11.3 Å². The molecular formula is C11H13N3O4S2. The summed E-state index contributed by atoms with van der Waals surface area (Å²) in [6.45, 7) is 1.74. The van der Waals surface area contributed by atoms with Gasteiger partial charge in [0.1, 0.15) is 0 Å². The fourth-order valence-electron chi connectivity index (χ4n) is 1.51. The predicted molar refractivity (Wildman–Crippen MR) is 78.1 cm³/mol. The van der Waals surface area contributed by atoms with Gasteiger partial charge in [-0.2, -0.15) is 0 Å². The highest BCUT2D eigenvalue weighted by molar-refractivity contribution is 7.93. The van der Waals surface area contributed by atoms with E-state index in [0.717, 1.165) is 16.0 Å². The van der Waals surface area contributed by atoms with Crippen molar-refractivity contribution in [3.8, 4) is 0 Å². The number of sulfonamides is 1. The van der Waals surface area contributed by atoms with Gasteiger partial charge in [0, 0.05) is 5.69 Å². The summed E-state index contributed by atoms with van der Waals surface area (Å²) in [6.07, 6.45) is 0. The van der Waals surface area contributed by atoms with Crippen molar-refractivity contribution in [2.45, 2.75) is 6.92 Å². The van der Waals surface area contributed by atoms with Crippen molar-refractivity contribution in [2.24, 2.45) is 0 Å². The van der Waals surface area contributed by atoms with Crippen LogP contribution in [0.1, 0.15) is 6.92 Å². The molecule has 0 aliphatic heterocycles. The number of anilines is 2. The molecule has 1 aromatic carbocycles. The van der Waals surface area contributed by atoms with Crippen LogP contribution >= 0.6 is 11.3 Å². The number of esters is 1. The standard InChI is InChI=1S/C11H13N3O4S2/c1-2-18-10(15)6-20(16,17)14-11-13-8-4-3-7(12)5-9(8)19-11/h3-5H,2,6,12H2,1H3,(H,13,14). The Hall–Kier alpha value is -1.87. The first-order chi connectivity index (χ1) is 9.39. The van der Waals surface area contributed by atoms with E-state index in [1.807, 2.05) is 0 Å². The largest absolute Gasteiger partial charge is 0.465 e. The molecule has 3 N–H and O–H groups in total. The average Bonchev–Trinajstić information content (AvgIpc) is 2.68. The van der Waals surface area contributed by atoms with Gasteiger partial charge in [-0.15, -0.1) is 0 Å². The van der Waals surface area contributed by atoms with Crippen molar-refractivity contribution in [1.29, 1.82) is 0 Å². The number of hydrogen-bond donors (Lipinski definition) is 2. The molecule has 0 bridgehead atoms. The minimum atomic E-state index is -3.82. The summed E-state index contributed by atoms with van der Waals surface area (Å²) in [5.74, 6) is -1.54. The van der Waals surface area contributed by atoms with Crippen LogP contribution in [-0.4, -0.2) is 31.7 Å². The average molecular weight is 315 g/mol. The van der Waals surface area contributed by atoms with E-state index in [4.69, 9.17) is 5.73 Å². The Morgan fingerprint density at radius 3 is 2.95 bits per heavy atom. The third-order valence-electron chi connectivity index (χ3n) is 2.27.